The van der Waals surface area contributed by atoms with Crippen LogP contribution in [-0.4, -0.2) is 25.7 Å². The van der Waals surface area contributed by atoms with Crippen LogP contribution in [0.5, 0.6) is 0 Å². The van der Waals surface area contributed by atoms with Crippen molar-refractivity contribution in [2.24, 2.45) is 5.92 Å². The van der Waals surface area contributed by atoms with E-state index in [1.165, 1.54) is 18.2 Å². The zero-order valence-corrected chi connectivity index (χ0v) is 11.4. The normalized spacial score (nSPS) is 20.8. The van der Waals surface area contributed by atoms with Gasteiger partial charge in [-0.05, 0) is 41.5 Å². The Bertz CT molecular complexity index is 507. The molecule has 1 aromatic rings. The predicted molar refractivity (Wildman–Crippen MR) is 70.0 cm³/mol. The number of benzene rings is 1. The number of carbonyl (C=O) groups is 2. The van der Waals surface area contributed by atoms with Crippen molar-refractivity contribution in [1.29, 1.82) is 0 Å². The van der Waals surface area contributed by atoms with Gasteiger partial charge in [0.2, 0.25) is 0 Å². The number of hydrogen-bond donors (Lipinski definition) is 0. The maximum absolute atomic E-state index is 11.8. The van der Waals surface area contributed by atoms with Gasteiger partial charge in [0, 0.05) is 0 Å². The number of hydrogen-bond acceptors (Lipinski definition) is 4. The summed E-state index contributed by atoms with van der Waals surface area (Å²) in [5.74, 6) is 0.0728. The average Bonchev–Trinajstić information content (AvgIpc) is 2.70. The number of ether oxygens (including phenoxy) is 2. The predicted octanol–water partition coefficient (Wildman–Crippen LogP) is 2.31. The molecule has 0 saturated carbocycles. The van der Waals surface area contributed by atoms with E-state index in [1.54, 1.807) is 6.07 Å². The molecular formula is C15H18O4. The third-order valence-corrected chi connectivity index (χ3v) is 3.81. The molecule has 0 radical (unpaired) electrons. The molecule has 1 aliphatic rings. The van der Waals surface area contributed by atoms with Gasteiger partial charge in [-0.25, -0.2) is 9.59 Å². The van der Waals surface area contributed by atoms with Crippen molar-refractivity contribution >= 4 is 11.9 Å². The third-order valence-electron chi connectivity index (χ3n) is 3.81. The minimum Gasteiger partial charge on any atom is -0.466 e. The highest BCUT2D eigenvalue weighted by Crippen LogP contribution is 2.37. The molecule has 0 saturated heterocycles. The van der Waals surface area contributed by atoms with Crippen molar-refractivity contribution in [3.05, 3.63) is 34.9 Å². The largest absolute Gasteiger partial charge is 0.466 e. The second-order valence-electron chi connectivity index (χ2n) is 5.04. The van der Waals surface area contributed by atoms with Crippen LogP contribution in [0.1, 0.15) is 41.3 Å². The summed E-state index contributed by atoms with van der Waals surface area (Å²) in [6.07, 6.45) is 0.981. The monoisotopic (exact) mass is 262 g/mol. The maximum Gasteiger partial charge on any atom is 0.344 e. The van der Waals surface area contributed by atoms with E-state index < -0.39 is 11.9 Å². The van der Waals surface area contributed by atoms with Gasteiger partial charge in [-0.3, -0.25) is 0 Å². The molecule has 4 heteroatoms. The summed E-state index contributed by atoms with van der Waals surface area (Å²) in [5.41, 5.74) is 2.99. The third kappa shape index (κ3) is 2.78. The molecule has 2 rings (SSSR count). The molecule has 0 bridgehead atoms. The van der Waals surface area contributed by atoms with E-state index in [2.05, 4.69) is 18.6 Å². The first kappa shape index (κ1) is 13.6. The first-order valence-corrected chi connectivity index (χ1v) is 6.39. The van der Waals surface area contributed by atoms with Gasteiger partial charge in [0.1, 0.15) is 0 Å². The fourth-order valence-corrected chi connectivity index (χ4v) is 2.45. The number of esters is 2. The molecule has 2 unspecified atom stereocenters. The van der Waals surface area contributed by atoms with Crippen molar-refractivity contribution in [2.75, 3.05) is 13.7 Å². The molecule has 0 fully saturated rings. The molecule has 0 aromatic heterocycles. The number of carbonyl (C=O) groups excluding carboxylic acids is 2. The Morgan fingerprint density at radius 2 is 2.05 bits per heavy atom. The van der Waals surface area contributed by atoms with Gasteiger partial charge in [-0.2, -0.15) is 0 Å². The molecule has 2 atom stereocenters. The van der Waals surface area contributed by atoms with E-state index in [1.807, 2.05) is 12.1 Å². The van der Waals surface area contributed by atoms with Crippen LogP contribution < -0.4 is 0 Å². The van der Waals surface area contributed by atoms with Crippen molar-refractivity contribution in [3.63, 3.8) is 0 Å². The molecule has 0 aliphatic heterocycles. The Morgan fingerprint density at radius 1 is 1.32 bits per heavy atom. The minimum atomic E-state index is -0.559. The van der Waals surface area contributed by atoms with E-state index in [0.29, 0.717) is 17.4 Å². The highest BCUT2D eigenvalue weighted by atomic mass is 16.6. The maximum atomic E-state index is 11.8. The van der Waals surface area contributed by atoms with Crippen LogP contribution in [0.2, 0.25) is 0 Å². The Kier molecular flexibility index (Phi) is 3.88. The Hall–Kier alpha value is -1.84. The van der Waals surface area contributed by atoms with E-state index >= 15 is 0 Å². The Labute approximate surface area is 112 Å². The summed E-state index contributed by atoms with van der Waals surface area (Å²) >= 11 is 0. The standard InChI is InChI=1S/C15H18O4/c1-9-6-12-7-11(4-5-13(12)10(9)2)15(17)19-8-14(16)18-3/h4-5,7,9-10H,6,8H2,1-3H3. The van der Waals surface area contributed by atoms with E-state index in [-0.39, 0.29) is 6.61 Å². The number of fused-ring (bicyclic) bond motifs is 1. The van der Waals surface area contributed by atoms with Gasteiger partial charge >= 0.3 is 11.9 Å². The lowest BCUT2D eigenvalue weighted by Crippen LogP contribution is -2.15. The number of rotatable bonds is 3. The first-order chi connectivity index (χ1) is 9.02. The minimum absolute atomic E-state index is 0.348. The van der Waals surface area contributed by atoms with Crippen LogP contribution in [0.4, 0.5) is 0 Å². The fourth-order valence-electron chi connectivity index (χ4n) is 2.45. The van der Waals surface area contributed by atoms with Crippen molar-refractivity contribution < 1.29 is 19.1 Å². The molecule has 19 heavy (non-hydrogen) atoms. The van der Waals surface area contributed by atoms with E-state index in [0.717, 1.165) is 6.42 Å². The molecule has 0 N–H and O–H groups in total. The SMILES string of the molecule is COC(=O)COC(=O)c1ccc2c(c1)CC(C)C2C. The molecule has 102 valence electrons. The van der Waals surface area contributed by atoms with Crippen LogP contribution in [0.25, 0.3) is 0 Å². The van der Waals surface area contributed by atoms with Crippen LogP contribution >= 0.6 is 0 Å². The van der Waals surface area contributed by atoms with E-state index in [4.69, 9.17) is 4.74 Å². The van der Waals surface area contributed by atoms with Crippen LogP contribution in [0, 0.1) is 5.92 Å². The number of methoxy groups -OCH3 is 1. The zero-order valence-electron chi connectivity index (χ0n) is 11.4. The van der Waals surface area contributed by atoms with Crippen LogP contribution in [0.3, 0.4) is 0 Å². The fraction of sp³-hybridized carbons (Fsp3) is 0.467. The molecule has 0 heterocycles. The topological polar surface area (TPSA) is 52.6 Å². The summed E-state index contributed by atoms with van der Waals surface area (Å²) in [4.78, 5) is 22.7. The molecule has 0 spiro atoms. The van der Waals surface area contributed by atoms with Crippen molar-refractivity contribution in [3.8, 4) is 0 Å². The van der Waals surface area contributed by atoms with Gasteiger partial charge in [0.05, 0.1) is 12.7 Å². The molecule has 0 amide bonds. The molecular weight excluding hydrogens is 244 g/mol. The Morgan fingerprint density at radius 3 is 2.74 bits per heavy atom. The zero-order chi connectivity index (χ0) is 14.0. The van der Waals surface area contributed by atoms with Crippen molar-refractivity contribution in [1.82, 2.24) is 0 Å². The first-order valence-electron chi connectivity index (χ1n) is 6.39. The second kappa shape index (κ2) is 5.43. The molecule has 1 aliphatic carbocycles. The summed E-state index contributed by atoms with van der Waals surface area (Å²) in [7, 11) is 1.26. The quantitative estimate of drug-likeness (QED) is 0.784. The molecule has 4 nitrogen and oxygen atoms in total. The Balaban J connectivity index is 2.09. The van der Waals surface area contributed by atoms with Gasteiger partial charge in [0.15, 0.2) is 6.61 Å². The van der Waals surface area contributed by atoms with Gasteiger partial charge in [0.25, 0.3) is 0 Å². The van der Waals surface area contributed by atoms with E-state index in [9.17, 15) is 9.59 Å². The summed E-state index contributed by atoms with van der Waals surface area (Å²) in [6.45, 7) is 4.06. The van der Waals surface area contributed by atoms with Gasteiger partial charge < -0.3 is 9.47 Å². The lowest BCUT2D eigenvalue weighted by molar-refractivity contribution is -0.144. The lowest BCUT2D eigenvalue weighted by atomic mass is 9.96. The highest BCUT2D eigenvalue weighted by Gasteiger charge is 2.26. The second-order valence-corrected chi connectivity index (χ2v) is 5.04. The smallest absolute Gasteiger partial charge is 0.344 e. The summed E-state index contributed by atoms with van der Waals surface area (Å²) in [5, 5.41) is 0. The molecule has 1 aromatic carbocycles. The average molecular weight is 262 g/mol. The summed E-state index contributed by atoms with van der Waals surface area (Å²) < 4.78 is 9.30. The summed E-state index contributed by atoms with van der Waals surface area (Å²) in [6, 6.07) is 5.61. The highest BCUT2D eigenvalue weighted by molar-refractivity contribution is 5.91. The van der Waals surface area contributed by atoms with Crippen molar-refractivity contribution in [2.45, 2.75) is 26.2 Å². The van der Waals surface area contributed by atoms with Crippen LogP contribution in [0.15, 0.2) is 18.2 Å². The van der Waals surface area contributed by atoms with Gasteiger partial charge in [-0.1, -0.05) is 19.9 Å². The van der Waals surface area contributed by atoms with Crippen LogP contribution in [-0.2, 0) is 20.7 Å². The lowest BCUT2D eigenvalue weighted by Gasteiger charge is -2.09. The van der Waals surface area contributed by atoms with Gasteiger partial charge in [-0.15, -0.1) is 0 Å².